The van der Waals surface area contributed by atoms with Gasteiger partial charge >= 0.3 is 0 Å². The number of halogens is 2. The van der Waals surface area contributed by atoms with E-state index in [0.29, 0.717) is 24.5 Å². The fourth-order valence-electron chi connectivity index (χ4n) is 3.24. The number of benzene rings is 1. The Balaban J connectivity index is 2.05. The molecule has 1 aromatic rings. The summed E-state index contributed by atoms with van der Waals surface area (Å²) in [6, 6.07) is 4.67. The van der Waals surface area contributed by atoms with Gasteiger partial charge in [-0.1, -0.05) is 38.4 Å². The summed E-state index contributed by atoms with van der Waals surface area (Å²) >= 11 is 6.23. The molecule has 1 heterocycles. The van der Waals surface area contributed by atoms with Gasteiger partial charge in [-0.2, -0.15) is 0 Å². The maximum absolute atomic E-state index is 13.3. The smallest absolute Gasteiger partial charge is 0.222 e. The minimum atomic E-state index is -0.342. The molecule has 0 saturated carbocycles. The highest BCUT2D eigenvalue weighted by molar-refractivity contribution is 6.31. The van der Waals surface area contributed by atoms with Gasteiger partial charge in [-0.25, -0.2) is 4.39 Å². The molecular formula is C20H30ClFN4O. The number of nitrogens with zero attached hydrogens (tertiary/aromatic N) is 2. The van der Waals surface area contributed by atoms with Gasteiger partial charge in [-0.15, -0.1) is 0 Å². The van der Waals surface area contributed by atoms with Crippen molar-refractivity contribution in [1.82, 2.24) is 15.5 Å². The van der Waals surface area contributed by atoms with Crippen molar-refractivity contribution in [2.75, 3.05) is 26.2 Å². The summed E-state index contributed by atoms with van der Waals surface area (Å²) in [6.45, 7) is 10.7. The molecule has 1 aromatic carbocycles. The second kappa shape index (κ2) is 9.40. The van der Waals surface area contributed by atoms with E-state index < -0.39 is 0 Å². The lowest BCUT2D eigenvalue weighted by molar-refractivity contribution is -0.129. The number of likely N-dealkylation sites (tertiary alicyclic amines) is 1. The fraction of sp³-hybridized carbons (Fsp3) is 0.600. The van der Waals surface area contributed by atoms with E-state index in [4.69, 9.17) is 16.6 Å². The highest BCUT2D eigenvalue weighted by Crippen LogP contribution is 2.30. The van der Waals surface area contributed by atoms with Gasteiger partial charge in [-0.05, 0) is 31.0 Å². The molecule has 1 aliphatic heterocycles. The van der Waals surface area contributed by atoms with Crippen LogP contribution in [0.15, 0.2) is 23.2 Å². The standard InChI is InChI=1S/C20H30ClFN4O/c1-5-18(27)26-10-9-15(12-26)25-19(23-6-2)24-13-20(3,4)16-8-7-14(22)11-17(16)21/h7-8,11,15H,5-6,9-10,12-13H2,1-4H3,(H2,23,24,25). The van der Waals surface area contributed by atoms with Crippen molar-refractivity contribution < 1.29 is 9.18 Å². The molecule has 0 spiro atoms. The first kappa shape index (κ1) is 21.5. The van der Waals surface area contributed by atoms with Crippen molar-refractivity contribution in [3.05, 3.63) is 34.6 Å². The first-order valence-corrected chi connectivity index (χ1v) is 9.92. The van der Waals surface area contributed by atoms with Gasteiger partial charge in [0.15, 0.2) is 5.96 Å². The number of rotatable bonds is 6. The molecule has 2 N–H and O–H groups in total. The van der Waals surface area contributed by atoms with Crippen molar-refractivity contribution in [2.24, 2.45) is 4.99 Å². The van der Waals surface area contributed by atoms with Gasteiger partial charge in [-0.3, -0.25) is 9.79 Å². The van der Waals surface area contributed by atoms with Crippen LogP contribution in [0.3, 0.4) is 0 Å². The maximum atomic E-state index is 13.3. The number of carbonyl (C=O) groups excluding carboxylic acids is 1. The van der Waals surface area contributed by atoms with Gasteiger partial charge in [0.2, 0.25) is 5.91 Å². The monoisotopic (exact) mass is 396 g/mol. The van der Waals surface area contributed by atoms with E-state index in [-0.39, 0.29) is 23.2 Å². The highest BCUT2D eigenvalue weighted by Gasteiger charge is 2.27. The van der Waals surface area contributed by atoms with E-state index in [0.717, 1.165) is 31.0 Å². The highest BCUT2D eigenvalue weighted by atomic mass is 35.5. The Kier molecular flexibility index (Phi) is 7.48. The molecule has 0 radical (unpaired) electrons. The second-order valence-corrected chi connectivity index (χ2v) is 7.93. The van der Waals surface area contributed by atoms with Crippen molar-refractivity contribution >= 4 is 23.5 Å². The molecule has 1 fully saturated rings. The van der Waals surface area contributed by atoms with Crippen LogP contribution in [0.5, 0.6) is 0 Å². The van der Waals surface area contributed by atoms with Gasteiger partial charge in [0.25, 0.3) is 0 Å². The van der Waals surface area contributed by atoms with Crippen LogP contribution >= 0.6 is 11.6 Å². The Morgan fingerprint density at radius 3 is 2.78 bits per heavy atom. The summed E-state index contributed by atoms with van der Waals surface area (Å²) in [4.78, 5) is 18.5. The Morgan fingerprint density at radius 2 is 2.15 bits per heavy atom. The van der Waals surface area contributed by atoms with Gasteiger partial charge < -0.3 is 15.5 Å². The molecule has 27 heavy (non-hydrogen) atoms. The molecule has 1 amide bonds. The average molecular weight is 397 g/mol. The zero-order valence-corrected chi connectivity index (χ0v) is 17.4. The van der Waals surface area contributed by atoms with Crippen molar-refractivity contribution in [3.8, 4) is 0 Å². The number of amides is 1. The first-order chi connectivity index (χ1) is 12.8. The van der Waals surface area contributed by atoms with E-state index in [1.54, 1.807) is 6.07 Å². The minimum Gasteiger partial charge on any atom is -0.357 e. The predicted octanol–water partition coefficient (Wildman–Crippen LogP) is 3.32. The largest absolute Gasteiger partial charge is 0.357 e. The van der Waals surface area contributed by atoms with Gasteiger partial charge in [0.1, 0.15) is 5.82 Å². The SMILES string of the molecule is CCNC(=NCC(C)(C)c1ccc(F)cc1Cl)NC1CCN(C(=O)CC)C1. The topological polar surface area (TPSA) is 56.7 Å². The number of aliphatic imine (C=N–C) groups is 1. The van der Waals surface area contributed by atoms with Gasteiger partial charge in [0.05, 0.1) is 6.54 Å². The van der Waals surface area contributed by atoms with Crippen LogP contribution in [0.2, 0.25) is 5.02 Å². The molecule has 1 unspecified atom stereocenters. The molecular weight excluding hydrogens is 367 g/mol. The molecule has 0 bridgehead atoms. The summed E-state index contributed by atoms with van der Waals surface area (Å²) in [5.74, 6) is 0.568. The lowest BCUT2D eigenvalue weighted by Gasteiger charge is -2.25. The fourth-order valence-corrected chi connectivity index (χ4v) is 3.66. The van der Waals surface area contributed by atoms with Crippen LogP contribution in [0.4, 0.5) is 4.39 Å². The van der Waals surface area contributed by atoms with E-state index >= 15 is 0 Å². The number of hydrogen-bond acceptors (Lipinski definition) is 2. The van der Waals surface area contributed by atoms with Crippen LogP contribution in [-0.2, 0) is 10.2 Å². The molecule has 1 saturated heterocycles. The number of nitrogens with one attached hydrogen (secondary N) is 2. The third kappa shape index (κ3) is 5.83. The van der Waals surface area contributed by atoms with Crippen LogP contribution in [0.25, 0.3) is 0 Å². The second-order valence-electron chi connectivity index (χ2n) is 7.53. The van der Waals surface area contributed by atoms with Crippen LogP contribution in [0, 0.1) is 5.82 Å². The minimum absolute atomic E-state index is 0.188. The molecule has 1 aliphatic rings. The Morgan fingerprint density at radius 1 is 1.41 bits per heavy atom. The van der Waals surface area contributed by atoms with E-state index in [1.807, 2.05) is 32.6 Å². The molecule has 1 atom stereocenters. The number of hydrogen-bond donors (Lipinski definition) is 2. The zero-order valence-electron chi connectivity index (χ0n) is 16.6. The molecule has 2 rings (SSSR count). The van der Waals surface area contributed by atoms with Crippen LogP contribution < -0.4 is 10.6 Å². The van der Waals surface area contributed by atoms with Crippen molar-refractivity contribution in [1.29, 1.82) is 0 Å². The number of guanidine groups is 1. The first-order valence-electron chi connectivity index (χ1n) is 9.55. The summed E-state index contributed by atoms with van der Waals surface area (Å²) in [5.41, 5.74) is 0.526. The third-order valence-corrected chi connectivity index (χ3v) is 5.13. The maximum Gasteiger partial charge on any atom is 0.222 e. The lowest BCUT2D eigenvalue weighted by Crippen LogP contribution is -2.45. The third-order valence-electron chi connectivity index (χ3n) is 4.82. The predicted molar refractivity (Wildman–Crippen MR) is 109 cm³/mol. The van der Waals surface area contributed by atoms with Gasteiger partial charge in [0, 0.05) is 42.5 Å². The summed E-state index contributed by atoms with van der Waals surface area (Å²) in [5, 5.41) is 7.10. The molecule has 0 aromatic heterocycles. The van der Waals surface area contributed by atoms with Crippen LogP contribution in [-0.4, -0.2) is 49.0 Å². The number of carbonyl (C=O) groups is 1. The Labute approximate surface area is 166 Å². The molecule has 0 aliphatic carbocycles. The summed E-state index contributed by atoms with van der Waals surface area (Å²) in [6.07, 6.45) is 1.44. The Hall–Kier alpha value is -1.82. The zero-order chi connectivity index (χ0) is 20.0. The van der Waals surface area contributed by atoms with Crippen molar-refractivity contribution in [3.63, 3.8) is 0 Å². The average Bonchev–Trinajstić information content (AvgIpc) is 3.07. The quantitative estimate of drug-likeness (QED) is 0.572. The lowest BCUT2D eigenvalue weighted by atomic mass is 9.84. The normalized spacial score (nSPS) is 17.9. The van der Waals surface area contributed by atoms with Crippen LogP contribution in [0.1, 0.15) is 46.1 Å². The van der Waals surface area contributed by atoms with E-state index in [2.05, 4.69) is 10.6 Å². The summed E-state index contributed by atoms with van der Waals surface area (Å²) < 4.78 is 13.3. The van der Waals surface area contributed by atoms with E-state index in [9.17, 15) is 9.18 Å². The molecule has 7 heteroatoms. The Bertz CT molecular complexity index is 693. The summed E-state index contributed by atoms with van der Waals surface area (Å²) in [7, 11) is 0. The van der Waals surface area contributed by atoms with E-state index in [1.165, 1.54) is 12.1 Å². The van der Waals surface area contributed by atoms with Crippen molar-refractivity contribution in [2.45, 2.75) is 52.0 Å². The molecule has 5 nitrogen and oxygen atoms in total. The molecule has 150 valence electrons.